The standard InChI is InChI=1S/C7H5N5OS/c1-12-6(13)4-5(3(2-8)11-12)14-7(9)10-4/h1H3,(H2,9,10). The number of nitrogen functional groups attached to an aromatic ring is 1. The number of hydrogen-bond acceptors (Lipinski definition) is 6. The summed E-state index contributed by atoms with van der Waals surface area (Å²) in [5.41, 5.74) is 5.50. The lowest BCUT2D eigenvalue weighted by atomic mass is 10.4. The molecule has 7 heteroatoms. The third-order valence-electron chi connectivity index (χ3n) is 1.71. The Morgan fingerprint density at radius 1 is 1.64 bits per heavy atom. The van der Waals surface area contributed by atoms with Crippen molar-refractivity contribution < 1.29 is 0 Å². The molecule has 2 N–H and O–H groups in total. The van der Waals surface area contributed by atoms with Gasteiger partial charge in [0.25, 0.3) is 5.56 Å². The topological polar surface area (TPSA) is 97.6 Å². The van der Waals surface area contributed by atoms with Gasteiger partial charge in [0.05, 0.1) is 0 Å². The van der Waals surface area contributed by atoms with Crippen LogP contribution in [-0.4, -0.2) is 14.8 Å². The maximum atomic E-state index is 11.5. The van der Waals surface area contributed by atoms with Crippen LogP contribution in [0.3, 0.4) is 0 Å². The lowest BCUT2D eigenvalue weighted by Crippen LogP contribution is -2.20. The molecule has 2 aromatic heterocycles. The Morgan fingerprint density at radius 3 is 3.00 bits per heavy atom. The molecule has 0 aliphatic heterocycles. The van der Waals surface area contributed by atoms with Gasteiger partial charge in [-0.25, -0.2) is 9.67 Å². The van der Waals surface area contributed by atoms with E-state index in [0.29, 0.717) is 4.70 Å². The Kier molecular flexibility index (Phi) is 1.72. The zero-order valence-electron chi connectivity index (χ0n) is 7.18. The second-order valence-corrected chi connectivity index (χ2v) is 3.65. The smallest absolute Gasteiger partial charge is 0.294 e. The molecular weight excluding hydrogens is 202 g/mol. The lowest BCUT2D eigenvalue weighted by molar-refractivity contribution is 0.711. The number of nitrogens with two attached hydrogens (primary N) is 1. The van der Waals surface area contributed by atoms with Gasteiger partial charge in [0.1, 0.15) is 10.8 Å². The number of aryl methyl sites for hydroxylation is 1. The minimum absolute atomic E-state index is 0.177. The second-order valence-electron chi connectivity index (χ2n) is 2.62. The number of anilines is 1. The summed E-state index contributed by atoms with van der Waals surface area (Å²) in [7, 11) is 1.47. The number of fused-ring (bicyclic) bond motifs is 1. The zero-order valence-corrected chi connectivity index (χ0v) is 8.00. The van der Waals surface area contributed by atoms with Gasteiger partial charge in [-0.2, -0.15) is 10.4 Å². The fourth-order valence-electron chi connectivity index (χ4n) is 1.11. The van der Waals surface area contributed by atoms with E-state index in [9.17, 15) is 4.79 Å². The summed E-state index contributed by atoms with van der Waals surface area (Å²) in [6, 6.07) is 1.90. The molecule has 0 aliphatic rings. The molecule has 0 aliphatic carbocycles. The Bertz CT molecular complexity index is 605. The Balaban J connectivity index is 3.05. The summed E-state index contributed by atoms with van der Waals surface area (Å²) in [6.07, 6.45) is 0. The van der Waals surface area contributed by atoms with Crippen molar-refractivity contribution in [3.05, 3.63) is 16.0 Å². The number of aromatic nitrogens is 3. The molecule has 6 nitrogen and oxygen atoms in total. The van der Waals surface area contributed by atoms with Crippen molar-refractivity contribution in [2.75, 3.05) is 5.73 Å². The average molecular weight is 207 g/mol. The molecule has 2 heterocycles. The van der Waals surface area contributed by atoms with Gasteiger partial charge in [-0.05, 0) is 0 Å². The third kappa shape index (κ3) is 1.05. The minimum atomic E-state index is -0.341. The highest BCUT2D eigenvalue weighted by atomic mass is 32.1. The average Bonchev–Trinajstić information content (AvgIpc) is 2.54. The van der Waals surface area contributed by atoms with E-state index in [1.165, 1.54) is 7.05 Å². The Hall–Kier alpha value is -1.94. The molecule has 0 bridgehead atoms. The van der Waals surface area contributed by atoms with Crippen molar-refractivity contribution in [2.45, 2.75) is 0 Å². The van der Waals surface area contributed by atoms with Crippen LogP contribution in [0.15, 0.2) is 4.79 Å². The van der Waals surface area contributed by atoms with E-state index < -0.39 is 0 Å². The van der Waals surface area contributed by atoms with Crippen LogP contribution < -0.4 is 11.3 Å². The van der Waals surface area contributed by atoms with E-state index in [4.69, 9.17) is 11.0 Å². The predicted octanol–water partition coefficient (Wildman–Crippen LogP) is -0.156. The van der Waals surface area contributed by atoms with E-state index in [0.717, 1.165) is 16.0 Å². The van der Waals surface area contributed by atoms with Crippen molar-refractivity contribution in [3.63, 3.8) is 0 Å². The van der Waals surface area contributed by atoms with Gasteiger partial charge in [-0.15, -0.1) is 0 Å². The maximum absolute atomic E-state index is 11.5. The first-order valence-corrected chi connectivity index (χ1v) is 4.48. The summed E-state index contributed by atoms with van der Waals surface area (Å²) in [4.78, 5) is 15.3. The molecule has 0 atom stereocenters. The fourth-order valence-corrected chi connectivity index (χ4v) is 1.87. The largest absolute Gasteiger partial charge is 0.375 e. The van der Waals surface area contributed by atoms with Crippen LogP contribution in [-0.2, 0) is 7.05 Å². The monoisotopic (exact) mass is 207 g/mol. The predicted molar refractivity (Wildman–Crippen MR) is 51.8 cm³/mol. The fraction of sp³-hybridized carbons (Fsp3) is 0.143. The molecule has 0 aromatic carbocycles. The maximum Gasteiger partial charge on any atom is 0.294 e. The number of nitriles is 1. The van der Waals surface area contributed by atoms with Gasteiger partial charge in [0, 0.05) is 7.05 Å². The molecule has 0 spiro atoms. The Morgan fingerprint density at radius 2 is 2.36 bits per heavy atom. The summed E-state index contributed by atoms with van der Waals surface area (Å²) in [5, 5.41) is 12.8. The van der Waals surface area contributed by atoms with Crippen LogP contribution in [0.2, 0.25) is 0 Å². The molecular formula is C7H5N5OS. The first kappa shape index (κ1) is 8.65. The molecule has 2 aromatic rings. The van der Waals surface area contributed by atoms with E-state index >= 15 is 0 Å². The molecule has 0 saturated carbocycles. The van der Waals surface area contributed by atoms with Crippen LogP contribution in [0.5, 0.6) is 0 Å². The highest BCUT2D eigenvalue weighted by Gasteiger charge is 2.12. The van der Waals surface area contributed by atoms with Gasteiger partial charge in [0.2, 0.25) is 0 Å². The number of hydrogen-bond donors (Lipinski definition) is 1. The summed E-state index contributed by atoms with van der Waals surface area (Å²) < 4.78 is 1.54. The van der Waals surface area contributed by atoms with Crippen LogP contribution in [0.25, 0.3) is 10.2 Å². The quantitative estimate of drug-likeness (QED) is 0.647. The van der Waals surface area contributed by atoms with E-state index in [1.54, 1.807) is 0 Å². The third-order valence-corrected chi connectivity index (χ3v) is 2.60. The summed E-state index contributed by atoms with van der Waals surface area (Å²) in [5.74, 6) is 0. The van der Waals surface area contributed by atoms with E-state index in [1.807, 2.05) is 6.07 Å². The molecule has 0 radical (unpaired) electrons. The van der Waals surface area contributed by atoms with Crippen LogP contribution >= 0.6 is 11.3 Å². The van der Waals surface area contributed by atoms with Crippen molar-refractivity contribution in [3.8, 4) is 6.07 Å². The van der Waals surface area contributed by atoms with Gasteiger partial charge in [-0.3, -0.25) is 4.79 Å². The molecule has 0 fully saturated rings. The van der Waals surface area contributed by atoms with Crippen molar-refractivity contribution in [2.24, 2.45) is 7.05 Å². The molecule has 0 saturated heterocycles. The molecule has 0 unspecified atom stereocenters. The first-order valence-electron chi connectivity index (χ1n) is 3.67. The van der Waals surface area contributed by atoms with Crippen molar-refractivity contribution in [1.82, 2.24) is 14.8 Å². The van der Waals surface area contributed by atoms with Gasteiger partial charge in [-0.1, -0.05) is 11.3 Å². The van der Waals surface area contributed by atoms with E-state index in [2.05, 4.69) is 10.1 Å². The first-order chi connectivity index (χ1) is 6.63. The molecule has 14 heavy (non-hydrogen) atoms. The second kappa shape index (κ2) is 2.78. The SMILES string of the molecule is Cn1nc(C#N)c2sc(N)nc2c1=O. The van der Waals surface area contributed by atoms with E-state index in [-0.39, 0.29) is 21.9 Å². The molecule has 2 rings (SSSR count). The minimum Gasteiger partial charge on any atom is -0.375 e. The summed E-state index contributed by atoms with van der Waals surface area (Å²) in [6.45, 7) is 0. The van der Waals surface area contributed by atoms with Crippen LogP contribution in [0.4, 0.5) is 5.13 Å². The number of nitrogens with zero attached hydrogens (tertiary/aromatic N) is 4. The van der Waals surface area contributed by atoms with Crippen LogP contribution in [0.1, 0.15) is 5.69 Å². The normalized spacial score (nSPS) is 10.3. The molecule has 0 amide bonds. The van der Waals surface area contributed by atoms with Gasteiger partial charge < -0.3 is 5.73 Å². The van der Waals surface area contributed by atoms with Crippen molar-refractivity contribution >= 4 is 26.7 Å². The number of rotatable bonds is 0. The molecule has 70 valence electrons. The highest BCUT2D eigenvalue weighted by molar-refractivity contribution is 7.22. The summed E-state index contributed by atoms with van der Waals surface area (Å²) >= 11 is 1.09. The lowest BCUT2D eigenvalue weighted by Gasteiger charge is -1.95. The van der Waals surface area contributed by atoms with Crippen LogP contribution in [0, 0.1) is 11.3 Å². The highest BCUT2D eigenvalue weighted by Crippen LogP contribution is 2.22. The van der Waals surface area contributed by atoms with Gasteiger partial charge in [0.15, 0.2) is 16.3 Å². The van der Waals surface area contributed by atoms with Crippen molar-refractivity contribution in [1.29, 1.82) is 5.26 Å². The van der Waals surface area contributed by atoms with Gasteiger partial charge >= 0.3 is 0 Å². The number of thiazole rings is 1. The Labute approximate surface area is 82.2 Å². The zero-order chi connectivity index (χ0) is 10.3.